The fourth-order valence-electron chi connectivity index (χ4n) is 2.34. The van der Waals surface area contributed by atoms with Crippen molar-refractivity contribution in [3.8, 4) is 0 Å². The molecule has 0 amide bonds. The molecule has 0 aromatic heterocycles. The Morgan fingerprint density at radius 3 is 1.36 bits per heavy atom. The fraction of sp³-hybridized carbons (Fsp3) is 0.333. The van der Waals surface area contributed by atoms with E-state index in [1.54, 1.807) is 0 Å². The van der Waals surface area contributed by atoms with E-state index in [1.807, 2.05) is 65.8 Å². The SMILES string of the molecule is Cc1ccc(POS(=O)(=O)OPc2ccc(C)c(C)c2C)c(C)c1C. The van der Waals surface area contributed by atoms with Crippen LogP contribution in [0.2, 0.25) is 0 Å². The molecule has 0 saturated carbocycles. The van der Waals surface area contributed by atoms with E-state index >= 15 is 0 Å². The van der Waals surface area contributed by atoms with E-state index in [0.717, 1.165) is 32.9 Å². The van der Waals surface area contributed by atoms with E-state index in [4.69, 9.17) is 7.94 Å². The molecule has 0 aliphatic carbocycles. The summed E-state index contributed by atoms with van der Waals surface area (Å²) in [4.78, 5) is 0. The van der Waals surface area contributed by atoms with Gasteiger partial charge in [-0.2, -0.15) is 8.42 Å². The number of benzene rings is 2. The monoisotopic (exact) mass is 398 g/mol. The molecule has 2 aromatic carbocycles. The Hall–Kier alpha value is -0.830. The summed E-state index contributed by atoms with van der Waals surface area (Å²) in [5.74, 6) is 0. The molecule has 0 aliphatic heterocycles. The van der Waals surface area contributed by atoms with Crippen LogP contribution in [0.15, 0.2) is 24.3 Å². The Morgan fingerprint density at radius 1 is 0.640 bits per heavy atom. The number of hydrogen-bond donors (Lipinski definition) is 0. The maximum absolute atomic E-state index is 12.1. The Labute approximate surface area is 154 Å². The lowest BCUT2D eigenvalue weighted by molar-refractivity contribution is 0.432. The lowest BCUT2D eigenvalue weighted by Gasteiger charge is -2.13. The van der Waals surface area contributed by atoms with Gasteiger partial charge in [0.2, 0.25) is 0 Å². The van der Waals surface area contributed by atoms with E-state index < -0.39 is 10.4 Å². The quantitative estimate of drug-likeness (QED) is 0.692. The standard InChI is InChI=1S/C18H24O4P2S/c1-11-7-9-17(15(5)13(11)3)23-21-25(19,20)22-24-18-10-8-12(2)14(4)16(18)6/h7-10,23-24H,1-6H3. The highest BCUT2D eigenvalue weighted by atomic mass is 32.3. The minimum absolute atomic E-state index is 0.301. The van der Waals surface area contributed by atoms with Crippen LogP contribution in [0.5, 0.6) is 0 Å². The molecule has 0 aliphatic rings. The third kappa shape index (κ3) is 5.09. The molecule has 136 valence electrons. The summed E-state index contributed by atoms with van der Waals surface area (Å²) in [5.41, 5.74) is 6.77. The highest BCUT2D eigenvalue weighted by molar-refractivity contribution is 7.88. The van der Waals surface area contributed by atoms with Crippen molar-refractivity contribution in [2.24, 2.45) is 0 Å². The second-order valence-corrected chi connectivity index (χ2v) is 9.77. The van der Waals surface area contributed by atoms with Crippen LogP contribution in [-0.4, -0.2) is 8.42 Å². The molecular weight excluding hydrogens is 374 g/mol. The van der Waals surface area contributed by atoms with Crippen molar-refractivity contribution in [2.45, 2.75) is 41.5 Å². The van der Waals surface area contributed by atoms with Gasteiger partial charge in [0.1, 0.15) is 0 Å². The zero-order valence-corrected chi connectivity index (χ0v) is 18.2. The first-order valence-electron chi connectivity index (χ1n) is 7.90. The van der Waals surface area contributed by atoms with E-state index in [1.165, 1.54) is 11.1 Å². The first-order valence-corrected chi connectivity index (χ1v) is 11.0. The number of rotatable bonds is 6. The lowest BCUT2D eigenvalue weighted by atomic mass is 10.1. The zero-order chi connectivity index (χ0) is 18.8. The normalized spacial score (nSPS) is 12.7. The first kappa shape index (κ1) is 20.5. The molecule has 0 spiro atoms. The van der Waals surface area contributed by atoms with Crippen LogP contribution in [0.3, 0.4) is 0 Å². The van der Waals surface area contributed by atoms with Gasteiger partial charge in [-0.1, -0.05) is 24.3 Å². The van der Waals surface area contributed by atoms with Crippen LogP contribution in [-0.2, 0) is 18.3 Å². The highest BCUT2D eigenvalue weighted by Gasteiger charge is 2.16. The summed E-state index contributed by atoms with van der Waals surface area (Å²) >= 11 is 0. The van der Waals surface area contributed by atoms with Crippen LogP contribution in [0.4, 0.5) is 0 Å². The van der Waals surface area contributed by atoms with Crippen LogP contribution >= 0.6 is 17.6 Å². The topological polar surface area (TPSA) is 52.6 Å². The van der Waals surface area contributed by atoms with Crippen molar-refractivity contribution >= 4 is 38.6 Å². The van der Waals surface area contributed by atoms with Crippen LogP contribution < -0.4 is 10.6 Å². The second kappa shape index (κ2) is 8.24. The molecule has 4 nitrogen and oxygen atoms in total. The summed E-state index contributed by atoms with van der Waals surface area (Å²) in [5, 5.41) is 1.75. The molecule has 0 saturated heterocycles. The Bertz CT molecular complexity index is 825. The summed E-state index contributed by atoms with van der Waals surface area (Å²) < 4.78 is 34.3. The average Bonchev–Trinajstić information content (AvgIpc) is 2.56. The first-order chi connectivity index (χ1) is 11.6. The number of hydrogen-bond acceptors (Lipinski definition) is 4. The van der Waals surface area contributed by atoms with E-state index in [2.05, 4.69) is 0 Å². The molecular formula is C18H24O4P2S. The largest absolute Gasteiger partial charge is 0.406 e. The molecule has 0 N–H and O–H groups in total. The van der Waals surface area contributed by atoms with Crippen molar-refractivity contribution in [2.75, 3.05) is 0 Å². The predicted molar refractivity (Wildman–Crippen MR) is 108 cm³/mol. The Balaban J connectivity index is 2.04. The van der Waals surface area contributed by atoms with Gasteiger partial charge in [-0.25, -0.2) is 7.94 Å². The van der Waals surface area contributed by atoms with Gasteiger partial charge in [0.25, 0.3) is 0 Å². The van der Waals surface area contributed by atoms with Crippen LogP contribution in [0.1, 0.15) is 33.4 Å². The van der Waals surface area contributed by atoms with Crippen molar-refractivity contribution in [1.82, 2.24) is 0 Å². The smallest absolute Gasteiger partial charge is 0.224 e. The number of aryl methyl sites for hydroxylation is 2. The van der Waals surface area contributed by atoms with Gasteiger partial charge in [0, 0.05) is 10.6 Å². The molecule has 2 rings (SSSR count). The molecule has 2 atom stereocenters. The summed E-state index contributed by atoms with van der Waals surface area (Å²) in [6, 6.07) is 7.76. The Kier molecular flexibility index (Phi) is 6.75. The molecule has 0 radical (unpaired) electrons. The van der Waals surface area contributed by atoms with Gasteiger partial charge in [0.05, 0.1) is 17.6 Å². The second-order valence-electron chi connectivity index (χ2n) is 6.14. The predicted octanol–water partition coefficient (Wildman–Crippen LogP) is 3.95. The van der Waals surface area contributed by atoms with Gasteiger partial charge in [0.15, 0.2) is 0 Å². The van der Waals surface area contributed by atoms with Crippen LogP contribution in [0.25, 0.3) is 0 Å². The minimum atomic E-state index is -4.03. The average molecular weight is 398 g/mol. The summed E-state index contributed by atoms with van der Waals surface area (Å²) in [6.07, 6.45) is 0. The van der Waals surface area contributed by atoms with Crippen LogP contribution in [0, 0.1) is 41.5 Å². The lowest BCUT2D eigenvalue weighted by Crippen LogP contribution is -2.10. The van der Waals surface area contributed by atoms with E-state index in [9.17, 15) is 8.42 Å². The minimum Gasteiger partial charge on any atom is -0.224 e. The van der Waals surface area contributed by atoms with Gasteiger partial charge >= 0.3 is 10.4 Å². The molecule has 2 unspecified atom stereocenters. The van der Waals surface area contributed by atoms with Gasteiger partial charge in [-0.05, 0) is 74.9 Å². The third-order valence-electron chi connectivity index (χ3n) is 4.62. The highest BCUT2D eigenvalue weighted by Crippen LogP contribution is 2.27. The van der Waals surface area contributed by atoms with Gasteiger partial charge < -0.3 is 0 Å². The molecule has 2 aromatic rings. The van der Waals surface area contributed by atoms with Gasteiger partial charge in [-0.15, -0.1) is 0 Å². The van der Waals surface area contributed by atoms with Crippen molar-refractivity contribution in [3.63, 3.8) is 0 Å². The molecule has 25 heavy (non-hydrogen) atoms. The maximum Gasteiger partial charge on any atom is 0.406 e. The summed E-state index contributed by atoms with van der Waals surface area (Å²) in [7, 11) is -4.63. The third-order valence-corrected chi connectivity index (χ3v) is 8.45. The Morgan fingerprint density at radius 2 is 1.00 bits per heavy atom. The van der Waals surface area contributed by atoms with E-state index in [-0.39, 0.29) is 17.6 Å². The molecule has 7 heteroatoms. The van der Waals surface area contributed by atoms with E-state index in [0.29, 0.717) is 0 Å². The van der Waals surface area contributed by atoms with Gasteiger partial charge in [-0.3, -0.25) is 0 Å². The summed E-state index contributed by atoms with van der Waals surface area (Å²) in [6.45, 7) is 12.1. The zero-order valence-electron chi connectivity index (χ0n) is 15.4. The maximum atomic E-state index is 12.1. The molecule has 0 bridgehead atoms. The molecule has 0 fully saturated rings. The van der Waals surface area contributed by atoms with Crippen molar-refractivity contribution < 1.29 is 16.4 Å². The fourth-order valence-corrected chi connectivity index (χ4v) is 5.30. The van der Waals surface area contributed by atoms with Crippen molar-refractivity contribution in [1.29, 1.82) is 0 Å². The van der Waals surface area contributed by atoms with Crippen molar-refractivity contribution in [3.05, 3.63) is 57.6 Å². The molecule has 0 heterocycles.